The molecule has 0 spiro atoms. The highest BCUT2D eigenvalue weighted by molar-refractivity contribution is 4.80. The number of hydrogen-bond acceptors (Lipinski definition) is 2. The maximum atomic E-state index is 9.05. The van der Waals surface area contributed by atoms with Gasteiger partial charge in [-0.25, -0.2) is 0 Å². The molecule has 0 amide bonds. The predicted molar refractivity (Wildman–Crippen MR) is 44.1 cm³/mol. The van der Waals surface area contributed by atoms with Crippen molar-refractivity contribution in [3.05, 3.63) is 0 Å². The molecule has 1 unspecified atom stereocenters. The standard InChI is InChI=1S/C8H19NO/c1-5-6-8(2,7-10)9(3)4/h10H,5-7H2,1-4H3. The molecule has 0 aliphatic heterocycles. The molecule has 2 nitrogen and oxygen atoms in total. The number of hydrogen-bond donors (Lipinski definition) is 1. The van der Waals surface area contributed by atoms with Gasteiger partial charge in [-0.3, -0.25) is 0 Å². The number of aliphatic hydroxyl groups is 1. The maximum Gasteiger partial charge on any atom is 0.0612 e. The topological polar surface area (TPSA) is 23.5 Å². The zero-order valence-corrected chi connectivity index (χ0v) is 7.52. The third kappa shape index (κ3) is 2.27. The van der Waals surface area contributed by atoms with Gasteiger partial charge in [-0.15, -0.1) is 0 Å². The molecule has 0 saturated heterocycles. The Labute approximate surface area is 63.8 Å². The molecular formula is C8H19NO. The summed E-state index contributed by atoms with van der Waals surface area (Å²) in [6.07, 6.45) is 2.17. The van der Waals surface area contributed by atoms with Gasteiger partial charge in [0.1, 0.15) is 0 Å². The number of rotatable bonds is 4. The van der Waals surface area contributed by atoms with Crippen LogP contribution in [0.5, 0.6) is 0 Å². The van der Waals surface area contributed by atoms with Crippen molar-refractivity contribution in [3.63, 3.8) is 0 Å². The summed E-state index contributed by atoms with van der Waals surface area (Å²) in [6.45, 7) is 4.46. The lowest BCUT2D eigenvalue weighted by Gasteiger charge is -2.34. The molecule has 0 aromatic heterocycles. The largest absolute Gasteiger partial charge is 0.394 e. The van der Waals surface area contributed by atoms with Crippen LogP contribution in [0.1, 0.15) is 26.7 Å². The molecule has 0 bridgehead atoms. The lowest BCUT2D eigenvalue weighted by atomic mass is 9.96. The van der Waals surface area contributed by atoms with E-state index < -0.39 is 0 Å². The van der Waals surface area contributed by atoms with Crippen LogP contribution in [0.4, 0.5) is 0 Å². The molecule has 0 fully saturated rings. The summed E-state index contributed by atoms with van der Waals surface area (Å²) in [4.78, 5) is 2.08. The Hall–Kier alpha value is -0.0800. The molecule has 0 aromatic carbocycles. The van der Waals surface area contributed by atoms with Crippen molar-refractivity contribution in [3.8, 4) is 0 Å². The second-order valence-electron chi connectivity index (χ2n) is 3.30. The number of likely N-dealkylation sites (N-methyl/N-ethyl adjacent to an activating group) is 1. The zero-order valence-electron chi connectivity index (χ0n) is 7.52. The van der Waals surface area contributed by atoms with Crippen LogP contribution < -0.4 is 0 Å². The minimum Gasteiger partial charge on any atom is -0.394 e. The van der Waals surface area contributed by atoms with Crippen LogP contribution in [0.15, 0.2) is 0 Å². The molecule has 1 N–H and O–H groups in total. The molecule has 0 aliphatic carbocycles. The smallest absolute Gasteiger partial charge is 0.0612 e. The molecule has 1 atom stereocenters. The van der Waals surface area contributed by atoms with Crippen molar-refractivity contribution in [2.75, 3.05) is 20.7 Å². The van der Waals surface area contributed by atoms with E-state index in [0.717, 1.165) is 12.8 Å². The monoisotopic (exact) mass is 145 g/mol. The highest BCUT2D eigenvalue weighted by Gasteiger charge is 2.23. The van der Waals surface area contributed by atoms with Gasteiger partial charge >= 0.3 is 0 Å². The third-order valence-corrected chi connectivity index (χ3v) is 2.21. The second-order valence-corrected chi connectivity index (χ2v) is 3.30. The first kappa shape index (κ1) is 9.92. The zero-order chi connectivity index (χ0) is 8.20. The summed E-state index contributed by atoms with van der Waals surface area (Å²) < 4.78 is 0. The van der Waals surface area contributed by atoms with Gasteiger partial charge in [0, 0.05) is 5.54 Å². The summed E-state index contributed by atoms with van der Waals surface area (Å²) >= 11 is 0. The average Bonchev–Trinajstić information content (AvgIpc) is 1.88. The predicted octanol–water partition coefficient (Wildman–Crippen LogP) is 1.10. The van der Waals surface area contributed by atoms with E-state index in [1.165, 1.54) is 0 Å². The van der Waals surface area contributed by atoms with Gasteiger partial charge in [0.05, 0.1) is 6.61 Å². The van der Waals surface area contributed by atoms with E-state index >= 15 is 0 Å². The van der Waals surface area contributed by atoms with E-state index in [1.807, 2.05) is 14.1 Å². The van der Waals surface area contributed by atoms with E-state index in [1.54, 1.807) is 0 Å². The van der Waals surface area contributed by atoms with E-state index in [9.17, 15) is 0 Å². The quantitative estimate of drug-likeness (QED) is 0.640. The highest BCUT2D eigenvalue weighted by Crippen LogP contribution is 2.16. The Morgan fingerprint density at radius 2 is 1.90 bits per heavy atom. The Bertz CT molecular complexity index is 93.3. The van der Waals surface area contributed by atoms with E-state index in [2.05, 4.69) is 18.7 Å². The van der Waals surface area contributed by atoms with Crippen molar-refractivity contribution in [2.24, 2.45) is 0 Å². The molecule has 2 heteroatoms. The summed E-state index contributed by atoms with van der Waals surface area (Å²) in [6, 6.07) is 0. The Balaban J connectivity index is 3.94. The van der Waals surface area contributed by atoms with Crippen LogP contribution >= 0.6 is 0 Å². The highest BCUT2D eigenvalue weighted by atomic mass is 16.3. The van der Waals surface area contributed by atoms with Crippen LogP contribution in [-0.4, -0.2) is 36.2 Å². The van der Waals surface area contributed by atoms with Gasteiger partial charge in [0.25, 0.3) is 0 Å². The van der Waals surface area contributed by atoms with Crippen LogP contribution in [0, 0.1) is 0 Å². The SMILES string of the molecule is CCCC(C)(CO)N(C)C. The lowest BCUT2D eigenvalue weighted by molar-refractivity contribution is 0.0757. The Morgan fingerprint density at radius 3 is 2.00 bits per heavy atom. The average molecular weight is 145 g/mol. The van der Waals surface area contributed by atoms with Gasteiger partial charge in [-0.1, -0.05) is 13.3 Å². The van der Waals surface area contributed by atoms with Crippen molar-refractivity contribution < 1.29 is 5.11 Å². The first-order chi connectivity index (χ1) is 4.56. The minimum absolute atomic E-state index is 0.0191. The molecule has 0 rings (SSSR count). The van der Waals surface area contributed by atoms with Gasteiger partial charge < -0.3 is 10.0 Å². The second kappa shape index (κ2) is 3.94. The lowest BCUT2D eigenvalue weighted by Crippen LogP contribution is -2.44. The van der Waals surface area contributed by atoms with Crippen molar-refractivity contribution >= 4 is 0 Å². The van der Waals surface area contributed by atoms with Crippen LogP contribution in [0.2, 0.25) is 0 Å². The maximum absolute atomic E-state index is 9.05. The first-order valence-electron chi connectivity index (χ1n) is 3.85. The van der Waals surface area contributed by atoms with Crippen LogP contribution in [0.25, 0.3) is 0 Å². The van der Waals surface area contributed by atoms with E-state index in [-0.39, 0.29) is 12.1 Å². The van der Waals surface area contributed by atoms with E-state index in [4.69, 9.17) is 5.11 Å². The van der Waals surface area contributed by atoms with E-state index in [0.29, 0.717) is 0 Å². The number of nitrogens with zero attached hydrogens (tertiary/aromatic N) is 1. The fourth-order valence-corrected chi connectivity index (χ4v) is 0.983. The summed E-state index contributed by atoms with van der Waals surface area (Å²) in [5.74, 6) is 0. The summed E-state index contributed by atoms with van der Waals surface area (Å²) in [7, 11) is 4.01. The van der Waals surface area contributed by atoms with Gasteiger partial charge in [0.2, 0.25) is 0 Å². The van der Waals surface area contributed by atoms with Crippen molar-refractivity contribution in [2.45, 2.75) is 32.2 Å². The molecule has 0 radical (unpaired) electrons. The molecule has 0 heterocycles. The molecular weight excluding hydrogens is 126 g/mol. The van der Waals surface area contributed by atoms with Crippen LogP contribution in [-0.2, 0) is 0 Å². The molecule has 62 valence electrons. The minimum atomic E-state index is -0.0191. The number of aliphatic hydroxyl groups excluding tert-OH is 1. The molecule has 10 heavy (non-hydrogen) atoms. The fraction of sp³-hybridized carbons (Fsp3) is 1.00. The van der Waals surface area contributed by atoms with Crippen molar-refractivity contribution in [1.29, 1.82) is 0 Å². The Morgan fingerprint density at radius 1 is 1.40 bits per heavy atom. The third-order valence-electron chi connectivity index (χ3n) is 2.21. The Kier molecular flexibility index (Phi) is 3.91. The first-order valence-corrected chi connectivity index (χ1v) is 3.85. The normalized spacial score (nSPS) is 17.4. The molecule has 0 aromatic rings. The van der Waals surface area contributed by atoms with Gasteiger partial charge in [-0.05, 0) is 27.4 Å². The van der Waals surface area contributed by atoms with Gasteiger partial charge in [0.15, 0.2) is 0 Å². The summed E-state index contributed by atoms with van der Waals surface area (Å²) in [5, 5.41) is 9.05. The molecule has 0 saturated carbocycles. The summed E-state index contributed by atoms with van der Waals surface area (Å²) in [5.41, 5.74) is -0.0191. The van der Waals surface area contributed by atoms with Crippen molar-refractivity contribution in [1.82, 2.24) is 4.90 Å². The molecule has 0 aliphatic rings. The fourth-order valence-electron chi connectivity index (χ4n) is 0.983. The van der Waals surface area contributed by atoms with Gasteiger partial charge in [-0.2, -0.15) is 0 Å². The van der Waals surface area contributed by atoms with Crippen LogP contribution in [0.3, 0.4) is 0 Å².